The minimum absolute atomic E-state index is 0.107. The third-order valence-corrected chi connectivity index (χ3v) is 4.99. The van der Waals surface area contributed by atoms with E-state index in [9.17, 15) is 22.4 Å². The van der Waals surface area contributed by atoms with Crippen LogP contribution in [0.25, 0.3) is 0 Å². The molecular formula is C19H16F4N4O2S. The number of anilines is 1. The van der Waals surface area contributed by atoms with Gasteiger partial charge in [0.05, 0.1) is 11.4 Å². The van der Waals surface area contributed by atoms with Crippen molar-refractivity contribution in [2.75, 3.05) is 11.1 Å². The molecule has 1 atom stereocenters. The molecule has 1 N–H and O–H groups in total. The third kappa shape index (κ3) is 5.09. The zero-order valence-electron chi connectivity index (χ0n) is 15.8. The second-order valence-corrected chi connectivity index (χ2v) is 7.14. The molecular weight excluding hydrogens is 424 g/mol. The van der Waals surface area contributed by atoms with Crippen LogP contribution >= 0.6 is 11.8 Å². The molecule has 6 nitrogen and oxygen atoms in total. The summed E-state index contributed by atoms with van der Waals surface area (Å²) in [5, 5.41) is 10.7. The highest BCUT2D eigenvalue weighted by atomic mass is 32.2. The summed E-state index contributed by atoms with van der Waals surface area (Å²) in [5.74, 6) is -3.60. The molecule has 1 aromatic heterocycles. The number of ether oxygens (including phenoxy) is 1. The number of aromatic nitrogens is 3. The lowest BCUT2D eigenvalue weighted by Gasteiger charge is -2.14. The van der Waals surface area contributed by atoms with Gasteiger partial charge in [-0.25, -0.2) is 17.6 Å². The first kappa shape index (κ1) is 21.6. The van der Waals surface area contributed by atoms with Gasteiger partial charge in [0.15, 0.2) is 28.7 Å². The summed E-state index contributed by atoms with van der Waals surface area (Å²) in [4.78, 5) is 12.0. The van der Waals surface area contributed by atoms with Crippen molar-refractivity contribution in [1.82, 2.24) is 14.8 Å². The number of hydrogen-bond donors (Lipinski definition) is 1. The zero-order valence-corrected chi connectivity index (χ0v) is 16.6. The number of carbonyl (C=O) groups excluding carboxylic acids is 1. The standard InChI is InChI=1S/C19H16F4N4O2S/c1-10(29-16-6-4-12(21)8-14(16)23)18-25-26-19(27(18)2)30-9-17(28)24-15-5-3-11(20)7-13(15)22/h3-8,10H,9H2,1-2H3,(H,24,28). The van der Waals surface area contributed by atoms with Gasteiger partial charge in [0, 0.05) is 19.2 Å². The van der Waals surface area contributed by atoms with Crippen molar-refractivity contribution in [1.29, 1.82) is 0 Å². The van der Waals surface area contributed by atoms with Crippen molar-refractivity contribution in [3.05, 3.63) is 65.5 Å². The molecule has 0 aliphatic heterocycles. The number of carbonyl (C=O) groups is 1. The van der Waals surface area contributed by atoms with Gasteiger partial charge in [-0.3, -0.25) is 4.79 Å². The Labute approximate surface area is 173 Å². The van der Waals surface area contributed by atoms with E-state index >= 15 is 0 Å². The van der Waals surface area contributed by atoms with Gasteiger partial charge < -0.3 is 14.6 Å². The Kier molecular flexibility index (Phi) is 6.60. The van der Waals surface area contributed by atoms with E-state index in [1.165, 1.54) is 6.07 Å². The summed E-state index contributed by atoms with van der Waals surface area (Å²) in [6.45, 7) is 1.62. The maximum atomic E-state index is 13.8. The third-order valence-electron chi connectivity index (χ3n) is 3.97. The molecule has 2 aromatic carbocycles. The van der Waals surface area contributed by atoms with Crippen molar-refractivity contribution >= 4 is 23.4 Å². The molecule has 1 unspecified atom stereocenters. The summed E-state index contributed by atoms with van der Waals surface area (Å²) in [6, 6.07) is 5.79. The van der Waals surface area contributed by atoms with E-state index in [-0.39, 0.29) is 17.2 Å². The average molecular weight is 440 g/mol. The fourth-order valence-electron chi connectivity index (χ4n) is 2.53. The molecule has 3 aromatic rings. The Morgan fingerprint density at radius 3 is 2.43 bits per heavy atom. The Hall–Kier alpha value is -3.08. The summed E-state index contributed by atoms with van der Waals surface area (Å²) in [7, 11) is 1.64. The molecule has 0 aliphatic carbocycles. The Bertz CT molecular complexity index is 1080. The Morgan fingerprint density at radius 2 is 1.77 bits per heavy atom. The van der Waals surface area contributed by atoms with Gasteiger partial charge in [-0.1, -0.05) is 11.8 Å². The lowest BCUT2D eigenvalue weighted by Crippen LogP contribution is -2.16. The van der Waals surface area contributed by atoms with Crippen LogP contribution in [0.5, 0.6) is 5.75 Å². The summed E-state index contributed by atoms with van der Waals surface area (Å²) in [6.07, 6.45) is -0.709. The van der Waals surface area contributed by atoms with Crippen molar-refractivity contribution in [2.45, 2.75) is 18.2 Å². The van der Waals surface area contributed by atoms with E-state index in [4.69, 9.17) is 4.74 Å². The van der Waals surface area contributed by atoms with E-state index in [2.05, 4.69) is 15.5 Å². The fourth-order valence-corrected chi connectivity index (χ4v) is 3.25. The SMILES string of the molecule is CC(Oc1ccc(F)cc1F)c1nnc(SCC(=O)Nc2ccc(F)cc2F)n1C. The lowest BCUT2D eigenvalue weighted by molar-refractivity contribution is -0.113. The minimum atomic E-state index is -0.881. The largest absolute Gasteiger partial charge is 0.480 e. The van der Waals surface area contributed by atoms with Crippen molar-refractivity contribution in [2.24, 2.45) is 7.05 Å². The number of amides is 1. The number of halogens is 4. The molecule has 0 saturated heterocycles. The topological polar surface area (TPSA) is 69.0 Å². The van der Waals surface area contributed by atoms with Gasteiger partial charge in [-0.05, 0) is 31.2 Å². The highest BCUT2D eigenvalue weighted by molar-refractivity contribution is 7.99. The van der Waals surface area contributed by atoms with Crippen molar-refractivity contribution in [3.8, 4) is 5.75 Å². The smallest absolute Gasteiger partial charge is 0.234 e. The number of thioether (sulfide) groups is 1. The van der Waals surface area contributed by atoms with E-state index < -0.39 is 35.3 Å². The van der Waals surface area contributed by atoms with E-state index in [1.54, 1.807) is 18.5 Å². The van der Waals surface area contributed by atoms with Crippen molar-refractivity contribution in [3.63, 3.8) is 0 Å². The molecule has 1 amide bonds. The van der Waals surface area contributed by atoms with Gasteiger partial charge >= 0.3 is 0 Å². The van der Waals surface area contributed by atoms with E-state index in [1.807, 2.05) is 0 Å². The van der Waals surface area contributed by atoms with Gasteiger partial charge in [0.1, 0.15) is 17.5 Å². The van der Waals surface area contributed by atoms with Gasteiger partial charge in [-0.15, -0.1) is 10.2 Å². The second kappa shape index (κ2) is 9.16. The molecule has 11 heteroatoms. The van der Waals surface area contributed by atoms with E-state index in [0.717, 1.165) is 30.0 Å². The molecule has 0 saturated carbocycles. The average Bonchev–Trinajstić information content (AvgIpc) is 3.05. The van der Waals surface area contributed by atoms with Crippen LogP contribution in [0, 0.1) is 23.3 Å². The van der Waals surface area contributed by atoms with Crippen LogP contribution in [0.4, 0.5) is 23.2 Å². The van der Waals surface area contributed by atoms with Crippen LogP contribution in [-0.4, -0.2) is 26.4 Å². The first-order valence-electron chi connectivity index (χ1n) is 8.63. The molecule has 3 rings (SSSR count). The molecule has 1 heterocycles. The normalized spacial score (nSPS) is 11.9. The molecule has 0 radical (unpaired) electrons. The Balaban J connectivity index is 1.61. The van der Waals surface area contributed by atoms with Gasteiger partial charge in [0.2, 0.25) is 5.91 Å². The van der Waals surface area contributed by atoms with Crippen LogP contribution in [0.15, 0.2) is 41.6 Å². The number of benzene rings is 2. The van der Waals surface area contributed by atoms with Gasteiger partial charge in [-0.2, -0.15) is 0 Å². The summed E-state index contributed by atoms with van der Waals surface area (Å²) >= 11 is 1.03. The molecule has 158 valence electrons. The Morgan fingerprint density at radius 1 is 1.10 bits per heavy atom. The predicted octanol–water partition coefficient (Wildman–Crippen LogP) is 4.24. The van der Waals surface area contributed by atoms with Crippen molar-refractivity contribution < 1.29 is 27.1 Å². The maximum absolute atomic E-state index is 13.8. The minimum Gasteiger partial charge on any atom is -0.480 e. The molecule has 0 aliphatic rings. The quantitative estimate of drug-likeness (QED) is 0.440. The maximum Gasteiger partial charge on any atom is 0.234 e. The highest BCUT2D eigenvalue weighted by Gasteiger charge is 2.19. The summed E-state index contributed by atoms with van der Waals surface area (Å²) < 4.78 is 60.3. The first-order chi connectivity index (χ1) is 14.2. The van der Waals surface area contributed by atoms with Crippen LogP contribution in [0.1, 0.15) is 18.9 Å². The fraction of sp³-hybridized carbons (Fsp3) is 0.211. The van der Waals surface area contributed by atoms with Crippen LogP contribution in [0.3, 0.4) is 0 Å². The summed E-state index contributed by atoms with van der Waals surface area (Å²) in [5.41, 5.74) is -0.135. The number of nitrogens with zero attached hydrogens (tertiary/aromatic N) is 3. The monoisotopic (exact) mass is 440 g/mol. The van der Waals surface area contributed by atoms with Crippen LogP contribution < -0.4 is 10.1 Å². The highest BCUT2D eigenvalue weighted by Crippen LogP contribution is 2.26. The predicted molar refractivity (Wildman–Crippen MR) is 102 cm³/mol. The molecule has 0 bridgehead atoms. The number of rotatable bonds is 7. The lowest BCUT2D eigenvalue weighted by atomic mass is 10.3. The van der Waals surface area contributed by atoms with E-state index in [0.29, 0.717) is 23.1 Å². The van der Waals surface area contributed by atoms with Crippen LogP contribution in [-0.2, 0) is 11.8 Å². The molecule has 30 heavy (non-hydrogen) atoms. The number of nitrogens with one attached hydrogen (secondary N) is 1. The molecule has 0 spiro atoms. The number of hydrogen-bond acceptors (Lipinski definition) is 5. The zero-order chi connectivity index (χ0) is 21.8. The van der Waals surface area contributed by atoms with Crippen LogP contribution in [0.2, 0.25) is 0 Å². The van der Waals surface area contributed by atoms with Gasteiger partial charge in [0.25, 0.3) is 0 Å². The first-order valence-corrected chi connectivity index (χ1v) is 9.62. The molecule has 0 fully saturated rings. The second-order valence-electron chi connectivity index (χ2n) is 6.20.